The Morgan fingerprint density at radius 2 is 1.66 bits per heavy atom. The van der Waals surface area contributed by atoms with Crippen molar-refractivity contribution in [1.29, 1.82) is 0 Å². The van der Waals surface area contributed by atoms with E-state index >= 15 is 0 Å². The largest absolute Gasteiger partial charge is 0.469 e. The van der Waals surface area contributed by atoms with Crippen LogP contribution in [0.4, 0.5) is 4.39 Å². The zero-order valence-corrected chi connectivity index (χ0v) is 17.0. The molecule has 2 atom stereocenters. The third-order valence-corrected chi connectivity index (χ3v) is 5.35. The van der Waals surface area contributed by atoms with Gasteiger partial charge >= 0.3 is 0 Å². The lowest BCUT2D eigenvalue weighted by Gasteiger charge is -2.20. The minimum absolute atomic E-state index is 0.00914. The Bertz CT molecular complexity index is 873. The first-order valence-corrected chi connectivity index (χ1v) is 10.1. The molecule has 0 saturated carbocycles. The first-order valence-electron chi connectivity index (χ1n) is 10.1. The van der Waals surface area contributed by atoms with Crippen LogP contribution in [0.5, 0.6) is 0 Å². The summed E-state index contributed by atoms with van der Waals surface area (Å²) in [6.45, 7) is 4.91. The van der Waals surface area contributed by atoms with E-state index < -0.39 is 0 Å². The van der Waals surface area contributed by atoms with Crippen molar-refractivity contribution in [3.63, 3.8) is 0 Å². The van der Waals surface area contributed by atoms with Gasteiger partial charge in [-0.3, -0.25) is 4.79 Å². The van der Waals surface area contributed by atoms with Gasteiger partial charge in [0.05, 0.1) is 6.26 Å². The summed E-state index contributed by atoms with van der Waals surface area (Å²) in [5.41, 5.74) is 1.98. The summed E-state index contributed by atoms with van der Waals surface area (Å²) in [5, 5.41) is 3.06. The summed E-state index contributed by atoms with van der Waals surface area (Å²) in [7, 11) is 0. The van der Waals surface area contributed by atoms with Gasteiger partial charge in [0, 0.05) is 24.8 Å². The lowest BCUT2D eigenvalue weighted by Crippen LogP contribution is -2.28. The van der Waals surface area contributed by atoms with E-state index in [0.29, 0.717) is 18.9 Å². The van der Waals surface area contributed by atoms with Crippen LogP contribution in [-0.4, -0.2) is 12.5 Å². The average molecular weight is 394 g/mol. The maximum absolute atomic E-state index is 13.4. The van der Waals surface area contributed by atoms with E-state index in [1.807, 2.05) is 42.5 Å². The van der Waals surface area contributed by atoms with Gasteiger partial charge in [-0.25, -0.2) is 4.39 Å². The van der Waals surface area contributed by atoms with Crippen molar-refractivity contribution < 1.29 is 13.6 Å². The molecule has 0 spiro atoms. The van der Waals surface area contributed by atoms with E-state index in [-0.39, 0.29) is 23.6 Å². The van der Waals surface area contributed by atoms with Crippen molar-refractivity contribution in [3.05, 3.63) is 95.7 Å². The highest BCUT2D eigenvalue weighted by atomic mass is 19.1. The molecule has 0 radical (unpaired) electrons. The van der Waals surface area contributed by atoms with E-state index in [1.165, 1.54) is 12.1 Å². The minimum Gasteiger partial charge on any atom is -0.469 e. The van der Waals surface area contributed by atoms with Crippen LogP contribution in [0.25, 0.3) is 0 Å². The highest BCUT2D eigenvalue weighted by molar-refractivity contribution is 5.77. The van der Waals surface area contributed by atoms with E-state index in [0.717, 1.165) is 23.3 Å². The summed E-state index contributed by atoms with van der Waals surface area (Å²) < 4.78 is 18.9. The second-order valence-corrected chi connectivity index (χ2v) is 7.72. The number of halogens is 1. The van der Waals surface area contributed by atoms with Crippen LogP contribution >= 0.6 is 0 Å². The molecule has 0 unspecified atom stereocenters. The molecule has 0 bridgehead atoms. The minimum atomic E-state index is -0.275. The predicted octanol–water partition coefficient (Wildman–Crippen LogP) is 5.89. The average Bonchev–Trinajstić information content (AvgIpc) is 3.25. The second-order valence-electron chi connectivity index (χ2n) is 7.72. The highest BCUT2D eigenvalue weighted by Crippen LogP contribution is 2.29. The van der Waals surface area contributed by atoms with Gasteiger partial charge in [0.1, 0.15) is 11.6 Å². The van der Waals surface area contributed by atoms with Crippen LogP contribution in [0.3, 0.4) is 0 Å². The van der Waals surface area contributed by atoms with Gasteiger partial charge in [0.25, 0.3) is 0 Å². The quantitative estimate of drug-likeness (QED) is 0.493. The Kier molecular flexibility index (Phi) is 7.23. The van der Waals surface area contributed by atoms with Gasteiger partial charge in [0.15, 0.2) is 0 Å². The van der Waals surface area contributed by atoms with Crippen LogP contribution in [0, 0.1) is 11.7 Å². The lowest BCUT2D eigenvalue weighted by molar-refractivity contribution is -0.121. The molecule has 3 nitrogen and oxygen atoms in total. The van der Waals surface area contributed by atoms with E-state index in [9.17, 15) is 9.18 Å². The SMILES string of the molecule is CC(C)[C@@H](CCNC(=O)C[C@H](c1ccccc1)c1ccc(F)cc1)c1ccco1. The number of carbonyl (C=O) groups excluding carboxylic acids is 1. The number of rotatable bonds is 9. The van der Waals surface area contributed by atoms with E-state index in [1.54, 1.807) is 18.4 Å². The molecule has 2 aromatic carbocycles. The van der Waals surface area contributed by atoms with Crippen molar-refractivity contribution in [1.82, 2.24) is 5.32 Å². The molecule has 3 rings (SSSR count). The van der Waals surface area contributed by atoms with Crippen LogP contribution in [0.1, 0.15) is 55.4 Å². The number of carbonyl (C=O) groups is 1. The van der Waals surface area contributed by atoms with Crippen molar-refractivity contribution in [2.45, 2.75) is 38.5 Å². The molecule has 1 aromatic heterocycles. The molecule has 0 fully saturated rings. The zero-order chi connectivity index (χ0) is 20.6. The second kappa shape index (κ2) is 10.1. The normalized spacial score (nSPS) is 13.2. The van der Waals surface area contributed by atoms with E-state index in [2.05, 4.69) is 19.2 Å². The van der Waals surface area contributed by atoms with Gasteiger partial charge in [-0.05, 0) is 47.7 Å². The summed E-state index contributed by atoms with van der Waals surface area (Å²) in [5.74, 6) is 1.26. The monoisotopic (exact) mass is 393 g/mol. The molecule has 3 aromatic rings. The number of amides is 1. The summed E-state index contributed by atoms with van der Waals surface area (Å²) in [4.78, 5) is 12.7. The summed E-state index contributed by atoms with van der Waals surface area (Å²) >= 11 is 0. The molecule has 0 aliphatic heterocycles. The molecule has 0 saturated heterocycles. The fourth-order valence-corrected chi connectivity index (χ4v) is 3.74. The number of hydrogen-bond donors (Lipinski definition) is 1. The number of hydrogen-bond acceptors (Lipinski definition) is 2. The number of furan rings is 1. The third-order valence-electron chi connectivity index (χ3n) is 5.35. The van der Waals surface area contributed by atoms with Crippen LogP contribution in [0.15, 0.2) is 77.4 Å². The molecule has 29 heavy (non-hydrogen) atoms. The molecular formula is C25H28FNO2. The Hall–Kier alpha value is -2.88. The topological polar surface area (TPSA) is 42.2 Å². The smallest absolute Gasteiger partial charge is 0.220 e. The molecule has 1 amide bonds. The number of nitrogens with one attached hydrogen (secondary N) is 1. The Morgan fingerprint density at radius 1 is 0.966 bits per heavy atom. The zero-order valence-electron chi connectivity index (χ0n) is 17.0. The van der Waals surface area contributed by atoms with Gasteiger partial charge in [-0.15, -0.1) is 0 Å². The first kappa shape index (κ1) is 20.8. The van der Waals surface area contributed by atoms with Crippen molar-refractivity contribution in [2.24, 2.45) is 5.92 Å². The maximum atomic E-state index is 13.4. The van der Waals surface area contributed by atoms with E-state index in [4.69, 9.17) is 4.42 Å². The Labute approximate surface area is 172 Å². The third kappa shape index (κ3) is 5.80. The number of benzene rings is 2. The highest BCUT2D eigenvalue weighted by Gasteiger charge is 2.21. The molecular weight excluding hydrogens is 365 g/mol. The fourth-order valence-electron chi connectivity index (χ4n) is 3.74. The van der Waals surface area contributed by atoms with Crippen LogP contribution in [-0.2, 0) is 4.79 Å². The van der Waals surface area contributed by atoms with Crippen molar-refractivity contribution in [2.75, 3.05) is 6.54 Å². The van der Waals surface area contributed by atoms with Crippen LogP contribution < -0.4 is 5.32 Å². The fraction of sp³-hybridized carbons (Fsp3) is 0.320. The van der Waals surface area contributed by atoms with Gasteiger partial charge in [0.2, 0.25) is 5.91 Å². The molecule has 4 heteroatoms. The standard InChI is InChI=1S/C25H28FNO2/c1-18(2)22(24-9-6-16-29-24)14-15-27-25(28)17-23(19-7-4-3-5-8-19)20-10-12-21(26)13-11-20/h3-13,16,18,22-23H,14-15,17H2,1-2H3,(H,27,28)/t22-,23-/m1/s1. The van der Waals surface area contributed by atoms with Gasteiger partial charge < -0.3 is 9.73 Å². The van der Waals surface area contributed by atoms with Crippen molar-refractivity contribution in [3.8, 4) is 0 Å². The first-order chi connectivity index (χ1) is 14.0. The molecule has 0 aliphatic rings. The van der Waals surface area contributed by atoms with Gasteiger partial charge in [-0.1, -0.05) is 56.3 Å². The summed E-state index contributed by atoms with van der Waals surface area (Å²) in [6, 6.07) is 20.2. The molecule has 152 valence electrons. The lowest BCUT2D eigenvalue weighted by atomic mass is 9.88. The molecule has 1 N–H and O–H groups in total. The molecule has 0 aliphatic carbocycles. The Morgan fingerprint density at radius 3 is 2.28 bits per heavy atom. The van der Waals surface area contributed by atoms with Gasteiger partial charge in [-0.2, -0.15) is 0 Å². The maximum Gasteiger partial charge on any atom is 0.220 e. The Balaban J connectivity index is 1.63. The predicted molar refractivity (Wildman–Crippen MR) is 113 cm³/mol. The van der Waals surface area contributed by atoms with Crippen molar-refractivity contribution >= 4 is 5.91 Å². The van der Waals surface area contributed by atoms with Crippen LogP contribution in [0.2, 0.25) is 0 Å². The molecule has 1 heterocycles. The summed E-state index contributed by atoms with van der Waals surface area (Å²) in [6.07, 6.45) is 2.84.